The van der Waals surface area contributed by atoms with Gasteiger partial charge >= 0.3 is 0 Å². The van der Waals surface area contributed by atoms with E-state index in [1.54, 1.807) is 43.3 Å². The van der Waals surface area contributed by atoms with Crippen LogP contribution in [0.4, 0.5) is 0 Å². The van der Waals surface area contributed by atoms with Crippen LogP contribution in [0, 0.1) is 6.92 Å². The quantitative estimate of drug-likeness (QED) is 0.837. The van der Waals surface area contributed by atoms with Gasteiger partial charge in [0.1, 0.15) is 6.54 Å². The molecule has 5 heteroatoms. The molecule has 0 aliphatic heterocycles. The van der Waals surface area contributed by atoms with Gasteiger partial charge in [-0.05, 0) is 19.1 Å². The highest BCUT2D eigenvalue weighted by Gasteiger charge is 2.16. The molecule has 20 heavy (non-hydrogen) atoms. The van der Waals surface area contributed by atoms with E-state index in [4.69, 9.17) is 5.73 Å². The number of rotatable bonds is 4. The van der Waals surface area contributed by atoms with Crippen LogP contribution in [0.1, 0.15) is 21.6 Å². The van der Waals surface area contributed by atoms with Crippen LogP contribution in [0.3, 0.4) is 0 Å². The Labute approximate surface area is 115 Å². The number of benzene rings is 1. The maximum Gasteiger partial charge on any atom is 0.262 e. The number of aryl methyl sites for hydroxylation is 1. The Kier molecular flexibility index (Phi) is 3.79. The monoisotopic (exact) mass is 270 g/mol. The van der Waals surface area contributed by atoms with Crippen LogP contribution in [0.5, 0.6) is 0 Å². The SMILES string of the molecule is Cc1ccc(C(=O)c2ccccc2)c(=O)n1CC(N)=O. The summed E-state index contributed by atoms with van der Waals surface area (Å²) >= 11 is 0. The number of nitrogens with zero attached hydrogens (tertiary/aromatic N) is 1. The number of amides is 1. The molecular weight excluding hydrogens is 256 g/mol. The Morgan fingerprint density at radius 1 is 1.10 bits per heavy atom. The van der Waals surface area contributed by atoms with Crippen molar-refractivity contribution in [2.75, 3.05) is 0 Å². The summed E-state index contributed by atoms with van der Waals surface area (Å²) in [5.74, 6) is -0.992. The molecule has 102 valence electrons. The average molecular weight is 270 g/mol. The second kappa shape index (κ2) is 5.52. The van der Waals surface area contributed by atoms with Crippen molar-refractivity contribution in [2.45, 2.75) is 13.5 Å². The second-order valence-electron chi connectivity index (χ2n) is 4.44. The zero-order valence-corrected chi connectivity index (χ0v) is 11.0. The van der Waals surface area contributed by atoms with Gasteiger partial charge in [0.25, 0.3) is 5.56 Å². The first-order chi connectivity index (χ1) is 9.50. The molecule has 0 atom stereocenters. The predicted octanol–water partition coefficient (Wildman–Crippen LogP) is 0.873. The molecule has 0 radical (unpaired) electrons. The summed E-state index contributed by atoms with van der Waals surface area (Å²) in [6.45, 7) is 1.45. The lowest BCUT2D eigenvalue weighted by molar-refractivity contribution is -0.118. The lowest BCUT2D eigenvalue weighted by Crippen LogP contribution is -2.32. The summed E-state index contributed by atoms with van der Waals surface area (Å²) in [6, 6.07) is 11.6. The van der Waals surface area contributed by atoms with Crippen molar-refractivity contribution >= 4 is 11.7 Å². The Balaban J connectivity index is 2.51. The van der Waals surface area contributed by atoms with E-state index in [-0.39, 0.29) is 17.9 Å². The van der Waals surface area contributed by atoms with E-state index in [1.807, 2.05) is 0 Å². The summed E-state index contributed by atoms with van der Waals surface area (Å²) in [5.41, 5.74) is 5.66. The Bertz CT molecular complexity index is 718. The maximum absolute atomic E-state index is 12.3. The molecule has 0 fully saturated rings. The van der Waals surface area contributed by atoms with Crippen LogP contribution in [0.2, 0.25) is 0 Å². The van der Waals surface area contributed by atoms with Gasteiger partial charge in [0, 0.05) is 11.3 Å². The summed E-state index contributed by atoms with van der Waals surface area (Å²) in [7, 11) is 0. The molecule has 0 bridgehead atoms. The van der Waals surface area contributed by atoms with Crippen molar-refractivity contribution in [3.8, 4) is 0 Å². The molecule has 1 aromatic carbocycles. The molecule has 2 N–H and O–H groups in total. The van der Waals surface area contributed by atoms with E-state index >= 15 is 0 Å². The van der Waals surface area contributed by atoms with Crippen molar-refractivity contribution in [1.29, 1.82) is 0 Å². The minimum atomic E-state index is -0.625. The molecule has 1 heterocycles. The van der Waals surface area contributed by atoms with Gasteiger partial charge in [0.05, 0.1) is 5.56 Å². The highest BCUT2D eigenvalue weighted by atomic mass is 16.2. The number of carbonyl (C=O) groups is 2. The predicted molar refractivity (Wildman–Crippen MR) is 74.5 cm³/mol. The molecule has 1 aromatic heterocycles. The zero-order valence-electron chi connectivity index (χ0n) is 11.0. The van der Waals surface area contributed by atoms with Gasteiger partial charge in [-0.3, -0.25) is 14.4 Å². The van der Waals surface area contributed by atoms with Crippen molar-refractivity contribution in [1.82, 2.24) is 4.57 Å². The lowest BCUT2D eigenvalue weighted by atomic mass is 10.0. The minimum absolute atomic E-state index is 0.0306. The standard InChI is InChI=1S/C15H14N2O3/c1-10-7-8-12(15(20)17(10)9-13(16)18)14(19)11-5-3-2-4-6-11/h2-8H,9H2,1H3,(H2,16,18). The molecule has 0 saturated heterocycles. The van der Waals surface area contributed by atoms with E-state index < -0.39 is 11.5 Å². The normalized spacial score (nSPS) is 10.2. The highest BCUT2D eigenvalue weighted by Crippen LogP contribution is 2.07. The fourth-order valence-corrected chi connectivity index (χ4v) is 1.94. The first-order valence-corrected chi connectivity index (χ1v) is 6.09. The fraction of sp³-hybridized carbons (Fsp3) is 0.133. The van der Waals surface area contributed by atoms with E-state index in [9.17, 15) is 14.4 Å². The van der Waals surface area contributed by atoms with E-state index in [1.165, 1.54) is 10.6 Å². The summed E-state index contributed by atoms with van der Waals surface area (Å²) in [6.07, 6.45) is 0. The first kappa shape index (κ1) is 13.7. The number of aromatic nitrogens is 1. The van der Waals surface area contributed by atoms with Crippen LogP contribution in [-0.4, -0.2) is 16.3 Å². The molecule has 0 aliphatic carbocycles. The molecule has 0 saturated carbocycles. The highest BCUT2D eigenvalue weighted by molar-refractivity contribution is 6.08. The second-order valence-corrected chi connectivity index (χ2v) is 4.44. The third kappa shape index (κ3) is 2.66. The summed E-state index contributed by atoms with van der Waals surface area (Å²) < 4.78 is 1.21. The number of hydrogen-bond acceptors (Lipinski definition) is 3. The summed E-state index contributed by atoms with van der Waals surface area (Å²) in [5, 5.41) is 0. The molecule has 2 aromatic rings. The van der Waals surface area contributed by atoms with Crippen LogP contribution in [0.15, 0.2) is 47.3 Å². The van der Waals surface area contributed by atoms with E-state index in [0.29, 0.717) is 11.3 Å². The Morgan fingerprint density at radius 3 is 2.35 bits per heavy atom. The minimum Gasteiger partial charge on any atom is -0.368 e. The third-order valence-electron chi connectivity index (χ3n) is 2.99. The number of nitrogens with two attached hydrogens (primary N) is 1. The van der Waals surface area contributed by atoms with Crippen LogP contribution in [-0.2, 0) is 11.3 Å². The van der Waals surface area contributed by atoms with E-state index in [0.717, 1.165) is 0 Å². The number of pyridine rings is 1. The Morgan fingerprint density at radius 2 is 1.75 bits per heavy atom. The van der Waals surface area contributed by atoms with Crippen molar-refractivity contribution in [2.24, 2.45) is 5.73 Å². The van der Waals surface area contributed by atoms with Crippen molar-refractivity contribution in [3.63, 3.8) is 0 Å². The largest absolute Gasteiger partial charge is 0.368 e. The van der Waals surface area contributed by atoms with Crippen molar-refractivity contribution in [3.05, 3.63) is 69.6 Å². The zero-order chi connectivity index (χ0) is 14.7. The molecule has 2 rings (SSSR count). The van der Waals surface area contributed by atoms with Gasteiger partial charge in [0.2, 0.25) is 5.91 Å². The fourth-order valence-electron chi connectivity index (χ4n) is 1.94. The van der Waals surface area contributed by atoms with Gasteiger partial charge in [-0.2, -0.15) is 0 Å². The number of carbonyl (C=O) groups excluding carboxylic acids is 2. The number of primary amides is 1. The third-order valence-corrected chi connectivity index (χ3v) is 2.99. The topological polar surface area (TPSA) is 82.2 Å². The maximum atomic E-state index is 12.3. The molecule has 0 unspecified atom stereocenters. The van der Waals surface area contributed by atoms with Gasteiger partial charge in [-0.25, -0.2) is 0 Å². The first-order valence-electron chi connectivity index (χ1n) is 6.09. The van der Waals surface area contributed by atoms with E-state index in [2.05, 4.69) is 0 Å². The van der Waals surface area contributed by atoms with Crippen LogP contribution >= 0.6 is 0 Å². The molecule has 5 nitrogen and oxygen atoms in total. The van der Waals surface area contributed by atoms with Gasteiger partial charge in [-0.1, -0.05) is 30.3 Å². The van der Waals surface area contributed by atoms with Gasteiger partial charge in [0.15, 0.2) is 5.78 Å². The van der Waals surface area contributed by atoms with Crippen molar-refractivity contribution < 1.29 is 9.59 Å². The number of ketones is 1. The molecule has 0 aliphatic rings. The van der Waals surface area contributed by atoms with Crippen LogP contribution in [0.25, 0.3) is 0 Å². The van der Waals surface area contributed by atoms with Crippen LogP contribution < -0.4 is 11.3 Å². The lowest BCUT2D eigenvalue weighted by Gasteiger charge is -2.09. The average Bonchev–Trinajstić information content (AvgIpc) is 2.43. The number of hydrogen-bond donors (Lipinski definition) is 1. The van der Waals surface area contributed by atoms with Gasteiger partial charge < -0.3 is 10.3 Å². The molecule has 1 amide bonds. The van der Waals surface area contributed by atoms with Gasteiger partial charge in [-0.15, -0.1) is 0 Å². The summed E-state index contributed by atoms with van der Waals surface area (Å²) in [4.78, 5) is 35.6. The molecule has 0 spiro atoms. The smallest absolute Gasteiger partial charge is 0.262 e. The molecular formula is C15H14N2O3. The Hall–Kier alpha value is -2.69.